The van der Waals surface area contributed by atoms with Gasteiger partial charge in [-0.25, -0.2) is 0 Å². The van der Waals surface area contributed by atoms with E-state index >= 15 is 0 Å². The van der Waals surface area contributed by atoms with Crippen molar-refractivity contribution < 1.29 is 9.53 Å². The molecule has 0 spiro atoms. The van der Waals surface area contributed by atoms with Crippen LogP contribution in [0.25, 0.3) is 0 Å². The summed E-state index contributed by atoms with van der Waals surface area (Å²) in [5.74, 6) is 0. The number of nitrogens with zero attached hydrogens (tertiary/aromatic N) is 1. The van der Waals surface area contributed by atoms with Gasteiger partial charge in [0.2, 0.25) is 0 Å². The number of amides is 2. The summed E-state index contributed by atoms with van der Waals surface area (Å²) in [6.07, 6.45) is 2.11. The van der Waals surface area contributed by atoms with Crippen LogP contribution in [0.4, 0.5) is 4.79 Å². The molecule has 0 unspecified atom stereocenters. The molecule has 1 saturated carbocycles. The van der Waals surface area contributed by atoms with Crippen LogP contribution < -0.4 is 4.98 Å². The molecule has 1 aromatic carbocycles. The predicted molar refractivity (Wildman–Crippen MR) is 133 cm³/mol. The van der Waals surface area contributed by atoms with Crippen molar-refractivity contribution in [3.8, 4) is 0 Å². The Hall–Kier alpha value is -1.12. The molecule has 1 fully saturated rings. The van der Waals surface area contributed by atoms with Crippen molar-refractivity contribution >= 4 is 22.5 Å². The second kappa shape index (κ2) is 8.79. The first kappa shape index (κ1) is 25.1. The molecule has 170 valence electrons. The van der Waals surface area contributed by atoms with Gasteiger partial charge in [0, 0.05) is 6.04 Å². The van der Waals surface area contributed by atoms with E-state index in [2.05, 4.69) is 89.4 Å². The maximum absolute atomic E-state index is 13.7. The van der Waals surface area contributed by atoms with E-state index in [1.807, 2.05) is 18.2 Å². The van der Waals surface area contributed by atoms with Crippen LogP contribution >= 0.6 is 0 Å². The van der Waals surface area contributed by atoms with E-state index in [-0.39, 0.29) is 28.3 Å². The van der Waals surface area contributed by atoms with Gasteiger partial charge in [-0.2, -0.15) is 0 Å². The minimum Gasteiger partial charge on any atom is -0.373 e. The quantitative estimate of drug-likeness (QED) is 0.489. The highest BCUT2D eigenvalue weighted by Crippen LogP contribution is 2.43. The van der Waals surface area contributed by atoms with E-state index in [0.717, 1.165) is 12.8 Å². The average Bonchev–Trinajstić information content (AvgIpc) is 2.54. The molecular weight excluding hydrogens is 404 g/mol. The van der Waals surface area contributed by atoms with Gasteiger partial charge in [-0.05, 0) is 28.5 Å². The lowest BCUT2D eigenvalue weighted by molar-refractivity contribution is -0.0386. The molecule has 0 radical (unpaired) electrons. The number of urea groups is 1. The van der Waals surface area contributed by atoms with E-state index in [9.17, 15) is 4.79 Å². The van der Waals surface area contributed by atoms with Crippen LogP contribution in [-0.2, 0) is 11.3 Å². The Morgan fingerprint density at radius 3 is 2.00 bits per heavy atom. The molecule has 0 saturated heterocycles. The topological polar surface area (TPSA) is 41.6 Å². The van der Waals surface area contributed by atoms with E-state index in [1.165, 1.54) is 5.56 Å². The molecule has 1 aliphatic carbocycles. The van der Waals surface area contributed by atoms with Crippen molar-refractivity contribution in [2.45, 2.75) is 109 Å². The van der Waals surface area contributed by atoms with Crippen molar-refractivity contribution in [3.05, 3.63) is 35.9 Å². The molecule has 30 heavy (non-hydrogen) atoms. The van der Waals surface area contributed by atoms with Crippen LogP contribution in [0.1, 0.15) is 59.9 Å². The monoisotopic (exact) mass is 448 g/mol. The van der Waals surface area contributed by atoms with E-state index < -0.39 is 16.5 Å². The molecule has 0 heterocycles. The first-order chi connectivity index (χ1) is 13.6. The van der Waals surface area contributed by atoms with Gasteiger partial charge in [0.05, 0.1) is 12.7 Å². The minimum atomic E-state index is -2.02. The zero-order valence-corrected chi connectivity index (χ0v) is 22.9. The Morgan fingerprint density at radius 2 is 1.53 bits per heavy atom. The smallest absolute Gasteiger partial charge is 0.301 e. The normalized spacial score (nSPS) is 20.5. The lowest BCUT2D eigenvalue weighted by atomic mass is 9.89. The minimum absolute atomic E-state index is 0.105. The summed E-state index contributed by atoms with van der Waals surface area (Å²) in [5, 5.41) is 0.219. The molecule has 0 aliphatic heterocycles. The highest BCUT2D eigenvalue weighted by atomic mass is 28.3. The Kier molecular flexibility index (Phi) is 7.37. The summed E-state index contributed by atoms with van der Waals surface area (Å²) in [4.78, 5) is 17.2. The summed E-state index contributed by atoms with van der Waals surface area (Å²) in [6.45, 7) is 23.5. The Balaban J connectivity index is 2.11. The van der Waals surface area contributed by atoms with Crippen molar-refractivity contribution in [1.82, 2.24) is 9.55 Å². The second-order valence-corrected chi connectivity index (χ2v) is 22.1. The van der Waals surface area contributed by atoms with Crippen LogP contribution in [0.5, 0.6) is 0 Å². The van der Waals surface area contributed by atoms with E-state index in [1.54, 1.807) is 0 Å². The van der Waals surface area contributed by atoms with Gasteiger partial charge in [0.15, 0.2) is 16.5 Å². The van der Waals surface area contributed by atoms with Gasteiger partial charge < -0.3 is 14.3 Å². The third-order valence-corrected chi connectivity index (χ3v) is 17.7. The van der Waals surface area contributed by atoms with Crippen molar-refractivity contribution in [2.24, 2.45) is 0 Å². The number of nitrogens with one attached hydrogen (secondary N) is 1. The SMILES string of the molecule is CC(C)(C)[Si](C)(C)NC(=O)N(C1CC(OCc2ccccc2)C1)[Si](C)(C)C(C)(C)C. The zero-order valence-electron chi connectivity index (χ0n) is 20.9. The first-order valence-corrected chi connectivity index (χ1v) is 17.3. The maximum atomic E-state index is 13.7. The number of hydrogen-bond donors (Lipinski definition) is 1. The third kappa shape index (κ3) is 5.57. The van der Waals surface area contributed by atoms with Crippen LogP contribution in [0.3, 0.4) is 0 Å². The fourth-order valence-electron chi connectivity index (χ4n) is 3.43. The Morgan fingerprint density at radius 1 is 1.00 bits per heavy atom. The lowest BCUT2D eigenvalue weighted by Crippen LogP contribution is -2.70. The maximum Gasteiger partial charge on any atom is 0.301 e. The van der Waals surface area contributed by atoms with Gasteiger partial charge >= 0.3 is 6.03 Å². The number of carbonyl (C=O) groups excluding carboxylic acids is 1. The third-order valence-electron chi connectivity index (χ3n) is 7.71. The van der Waals surface area contributed by atoms with Crippen molar-refractivity contribution in [2.75, 3.05) is 0 Å². The molecule has 4 nitrogen and oxygen atoms in total. The van der Waals surface area contributed by atoms with Gasteiger partial charge in [-0.1, -0.05) is 98.1 Å². The summed E-state index contributed by atoms with van der Waals surface area (Å²) < 4.78 is 8.42. The van der Waals surface area contributed by atoms with Crippen LogP contribution in [0.15, 0.2) is 30.3 Å². The number of benzene rings is 1. The fourth-order valence-corrected chi connectivity index (χ4v) is 6.98. The first-order valence-electron chi connectivity index (χ1n) is 11.3. The number of carbonyl (C=O) groups is 1. The molecule has 0 atom stereocenters. The standard InChI is InChI=1S/C24H44N2O2Si2/c1-23(2,3)29(7,8)25-22(27)26(30(9,10)24(4,5)6)20-16-21(17-20)28-18-19-14-12-11-13-15-19/h11-15,20-21H,16-18H2,1-10H3,(H,25,27). The Bertz CT molecular complexity index is 715. The molecule has 2 rings (SSSR count). The lowest BCUT2D eigenvalue weighted by Gasteiger charge is -2.54. The van der Waals surface area contributed by atoms with Gasteiger partial charge in [0.1, 0.15) is 0 Å². The number of hydrogen-bond acceptors (Lipinski definition) is 2. The van der Waals surface area contributed by atoms with Gasteiger partial charge in [-0.15, -0.1) is 0 Å². The number of ether oxygens (including phenoxy) is 1. The molecular formula is C24H44N2O2Si2. The molecule has 2 amide bonds. The molecule has 6 heteroatoms. The highest BCUT2D eigenvalue weighted by molar-refractivity contribution is 6.82. The molecule has 1 N–H and O–H groups in total. The molecule has 0 aromatic heterocycles. The summed E-state index contributed by atoms with van der Waals surface area (Å²) in [5.41, 5.74) is 1.21. The van der Waals surface area contributed by atoms with Gasteiger partial charge in [-0.3, -0.25) is 4.79 Å². The summed E-state index contributed by atoms with van der Waals surface area (Å²) in [6, 6.07) is 10.8. The van der Waals surface area contributed by atoms with Crippen molar-refractivity contribution in [1.29, 1.82) is 0 Å². The highest BCUT2D eigenvalue weighted by Gasteiger charge is 2.51. The number of rotatable bonds is 6. The van der Waals surface area contributed by atoms with Crippen LogP contribution in [0.2, 0.25) is 36.3 Å². The Labute approximate surface area is 187 Å². The fraction of sp³-hybridized carbons (Fsp3) is 0.708. The molecule has 0 bridgehead atoms. The largest absolute Gasteiger partial charge is 0.373 e. The summed E-state index contributed by atoms with van der Waals surface area (Å²) in [7, 11) is -3.95. The van der Waals surface area contributed by atoms with E-state index in [4.69, 9.17) is 4.74 Å². The second-order valence-electron chi connectivity index (χ2n) is 12.0. The molecule has 1 aromatic rings. The predicted octanol–water partition coefficient (Wildman–Crippen LogP) is 6.76. The van der Waals surface area contributed by atoms with Crippen molar-refractivity contribution in [3.63, 3.8) is 0 Å². The van der Waals surface area contributed by atoms with Gasteiger partial charge in [0.25, 0.3) is 0 Å². The zero-order chi connectivity index (χ0) is 23.0. The molecule has 1 aliphatic rings. The van der Waals surface area contributed by atoms with E-state index in [0.29, 0.717) is 6.61 Å². The summed E-state index contributed by atoms with van der Waals surface area (Å²) >= 11 is 0. The van der Waals surface area contributed by atoms with Crippen LogP contribution in [-0.4, -0.2) is 39.2 Å². The van der Waals surface area contributed by atoms with Crippen LogP contribution in [0, 0.1) is 0 Å². The average molecular weight is 449 g/mol.